The lowest BCUT2D eigenvalue weighted by Crippen LogP contribution is -2.28. The second-order valence-corrected chi connectivity index (χ2v) is 29.1. The van der Waals surface area contributed by atoms with Crippen LogP contribution >= 0.6 is 0 Å². The van der Waals surface area contributed by atoms with Crippen molar-refractivity contribution in [2.75, 3.05) is 4.90 Å². The first-order valence-corrected chi connectivity index (χ1v) is 37.6. The zero-order chi connectivity index (χ0) is 63.4. The van der Waals surface area contributed by atoms with Gasteiger partial charge in [-0.25, -0.2) is 0 Å². The fourth-order valence-electron chi connectivity index (χ4n) is 16.5. The predicted molar refractivity (Wildman–Crippen MR) is 396 cm³/mol. The van der Waals surface area contributed by atoms with E-state index in [1.165, 1.54) is 290 Å². The molecular weight excluding hydrogens is 1080 g/mol. The van der Waals surface area contributed by atoms with Crippen LogP contribution in [0.15, 0.2) is 146 Å². The molecule has 1 unspecified atom stereocenters. The number of anilines is 3. The van der Waals surface area contributed by atoms with Crippen LogP contribution in [-0.2, 0) is 16.2 Å². The molecule has 482 valence electrons. The lowest BCUT2D eigenvalue weighted by molar-refractivity contribution is 0.396. The number of rotatable bonds is 40. The summed E-state index contributed by atoms with van der Waals surface area (Å²) in [6, 6.07) is 59.1. The highest BCUT2D eigenvalue weighted by Crippen LogP contribution is 2.58. The Morgan fingerprint density at radius 3 is 1.09 bits per heavy atom. The van der Waals surface area contributed by atoms with Crippen molar-refractivity contribution < 1.29 is 0 Å². The third kappa shape index (κ3) is 16.2. The van der Waals surface area contributed by atoms with Crippen LogP contribution in [-0.4, -0.2) is 0 Å². The fourth-order valence-corrected chi connectivity index (χ4v) is 16.5. The first-order valence-electron chi connectivity index (χ1n) is 37.6. The smallest absolute Gasteiger partial charge is 0.0462 e. The van der Waals surface area contributed by atoms with E-state index in [1.807, 2.05) is 0 Å². The van der Waals surface area contributed by atoms with Crippen molar-refractivity contribution in [1.29, 1.82) is 0 Å². The van der Waals surface area contributed by atoms with E-state index in [2.05, 4.69) is 220 Å². The van der Waals surface area contributed by atoms with E-state index in [1.54, 1.807) is 22.3 Å². The van der Waals surface area contributed by atoms with Gasteiger partial charge in [-0.2, -0.15) is 0 Å². The maximum Gasteiger partial charge on any atom is 0.0462 e. The van der Waals surface area contributed by atoms with E-state index in [-0.39, 0.29) is 16.2 Å². The molecule has 1 nitrogen and oxygen atoms in total. The Kier molecular flexibility index (Phi) is 25.8. The topological polar surface area (TPSA) is 3.24 Å². The maximum absolute atomic E-state index is 2.77. The minimum atomic E-state index is -0.199. The predicted octanol–water partition coefficient (Wildman–Crippen LogP) is 28.4. The summed E-state index contributed by atoms with van der Waals surface area (Å²) < 4.78 is 0. The van der Waals surface area contributed by atoms with Crippen molar-refractivity contribution in [3.63, 3.8) is 0 Å². The van der Waals surface area contributed by atoms with Crippen LogP contribution in [0.5, 0.6) is 0 Å². The molecule has 0 N–H and O–H groups in total. The van der Waals surface area contributed by atoms with Crippen molar-refractivity contribution in [1.82, 2.24) is 0 Å². The Balaban J connectivity index is 1.10. The summed E-state index contributed by atoms with van der Waals surface area (Å²) in [5.41, 5.74) is 25.5. The Morgan fingerprint density at radius 2 is 0.656 bits per heavy atom. The molecule has 1 atom stereocenters. The van der Waals surface area contributed by atoms with Crippen LogP contribution in [0.4, 0.5) is 17.1 Å². The average molecular weight is 1200 g/mol. The summed E-state index contributed by atoms with van der Waals surface area (Å²) in [5, 5.41) is 0. The molecule has 0 spiro atoms. The van der Waals surface area contributed by atoms with Gasteiger partial charge in [0.2, 0.25) is 0 Å². The highest BCUT2D eigenvalue weighted by Gasteiger charge is 2.45. The van der Waals surface area contributed by atoms with Gasteiger partial charge in [-0.1, -0.05) is 343 Å². The van der Waals surface area contributed by atoms with E-state index in [0.29, 0.717) is 5.92 Å². The molecule has 1 heteroatoms. The molecule has 7 aromatic rings. The van der Waals surface area contributed by atoms with Crippen LogP contribution in [0.1, 0.15) is 323 Å². The van der Waals surface area contributed by atoms with E-state index >= 15 is 0 Å². The molecule has 0 heterocycles. The van der Waals surface area contributed by atoms with Crippen LogP contribution < -0.4 is 4.90 Å². The van der Waals surface area contributed by atoms with Crippen LogP contribution in [0.3, 0.4) is 0 Å². The van der Waals surface area contributed by atoms with Crippen molar-refractivity contribution >= 4 is 17.1 Å². The second kappa shape index (κ2) is 33.8. The van der Waals surface area contributed by atoms with Gasteiger partial charge in [0, 0.05) is 33.3 Å². The zero-order valence-electron chi connectivity index (χ0n) is 58.7. The van der Waals surface area contributed by atoms with Gasteiger partial charge in [-0.15, -0.1) is 0 Å². The van der Waals surface area contributed by atoms with Crippen molar-refractivity contribution in [2.24, 2.45) is 0 Å². The third-order valence-electron chi connectivity index (χ3n) is 22.2. The second-order valence-electron chi connectivity index (χ2n) is 29.1. The third-order valence-corrected chi connectivity index (χ3v) is 22.2. The van der Waals surface area contributed by atoms with Gasteiger partial charge in [0.15, 0.2) is 0 Å². The van der Waals surface area contributed by atoms with Gasteiger partial charge in [0.05, 0.1) is 0 Å². The SMILES string of the molecule is CCCCCCCCC1(CCCCCCCC)c2cc(C)ccc2-c2ccc(C(C)(C)c3ccc4c(c3)C(CCCCCCCC)(CCCCCCCC)c3cc(-c5ccc(N(c6ccc(C)cc6)c6ccc(C(CC)CCCCC)cc6)cc5)ccc3-4)cc21. The quantitative estimate of drug-likeness (QED) is 0.0346. The summed E-state index contributed by atoms with van der Waals surface area (Å²) >= 11 is 0. The molecule has 0 saturated carbocycles. The molecule has 0 bridgehead atoms. The van der Waals surface area contributed by atoms with Gasteiger partial charge >= 0.3 is 0 Å². The molecule has 7 aromatic carbocycles. The van der Waals surface area contributed by atoms with Crippen molar-refractivity contribution in [3.8, 4) is 33.4 Å². The number of aryl methyl sites for hydroxylation is 2. The van der Waals surface area contributed by atoms with Gasteiger partial charge in [0.1, 0.15) is 0 Å². The van der Waals surface area contributed by atoms with Gasteiger partial charge in [-0.05, 0) is 173 Å². The Hall–Kier alpha value is -5.66. The Morgan fingerprint density at radius 1 is 0.322 bits per heavy atom. The summed E-state index contributed by atoms with van der Waals surface area (Å²) in [6.07, 6.45) is 43.1. The number of nitrogens with zero attached hydrogens (tertiary/aromatic N) is 1. The molecule has 9 rings (SSSR count). The summed E-state index contributed by atoms with van der Waals surface area (Å²) in [5.74, 6) is 0.612. The minimum Gasteiger partial charge on any atom is -0.311 e. The van der Waals surface area contributed by atoms with Crippen molar-refractivity contribution in [2.45, 2.75) is 303 Å². The van der Waals surface area contributed by atoms with Crippen molar-refractivity contribution in [3.05, 3.63) is 196 Å². The molecule has 0 radical (unpaired) electrons. The lowest BCUT2D eigenvalue weighted by atomic mass is 9.67. The van der Waals surface area contributed by atoms with E-state index in [0.717, 1.165) is 0 Å². The van der Waals surface area contributed by atoms with Gasteiger partial charge < -0.3 is 4.90 Å². The number of fused-ring (bicyclic) bond motifs is 6. The van der Waals surface area contributed by atoms with E-state index < -0.39 is 0 Å². The number of unbranched alkanes of at least 4 members (excludes halogenated alkanes) is 22. The van der Waals surface area contributed by atoms with Gasteiger partial charge in [0.25, 0.3) is 0 Å². The molecule has 90 heavy (non-hydrogen) atoms. The number of hydrogen-bond acceptors (Lipinski definition) is 1. The van der Waals surface area contributed by atoms with Crippen LogP contribution in [0.25, 0.3) is 33.4 Å². The highest BCUT2D eigenvalue weighted by atomic mass is 15.1. The standard InChI is InChI=1S/C89H121N/c1-11-17-22-26-30-35-60-88(61-36-31-27-23-18-12-2)83-64-69(8)42-56-79(83)81-58-48-74(66-85(81)88)87(9,10)75-49-59-82-80-57-47-73(65-84(80)89(86(82)67-75,62-37-32-28-24-19-13-3)63-38-33-29-25-20-14-4)72-45-54-78(55-46-72)90(76-50-40-68(7)41-51-76)77-52-43-71(44-53-77)70(16-6)39-34-21-15-5/h40-59,64-67,70H,11-39,60-63H2,1-10H3. The Bertz CT molecular complexity index is 3240. The van der Waals surface area contributed by atoms with Crippen LogP contribution in [0, 0.1) is 13.8 Å². The Labute approximate surface area is 551 Å². The first kappa shape index (κ1) is 68.7. The fraction of sp³-hybridized carbons (Fsp3) is 0.528. The van der Waals surface area contributed by atoms with E-state index in [9.17, 15) is 0 Å². The van der Waals surface area contributed by atoms with Gasteiger partial charge in [-0.3, -0.25) is 0 Å². The summed E-state index contributed by atoms with van der Waals surface area (Å²) in [7, 11) is 0. The molecule has 2 aliphatic rings. The lowest BCUT2D eigenvalue weighted by Gasteiger charge is -2.36. The monoisotopic (exact) mass is 1200 g/mol. The zero-order valence-corrected chi connectivity index (χ0v) is 58.7. The maximum atomic E-state index is 2.77. The molecule has 0 aromatic heterocycles. The highest BCUT2D eigenvalue weighted by molar-refractivity contribution is 5.86. The number of hydrogen-bond donors (Lipinski definition) is 0. The molecule has 2 aliphatic carbocycles. The molecule has 0 aliphatic heterocycles. The minimum absolute atomic E-state index is 0.0513. The molecule has 0 fully saturated rings. The average Bonchev–Trinajstić information content (AvgIpc) is 1.59. The molecule has 0 saturated heterocycles. The number of benzene rings is 7. The normalized spacial score (nSPS) is 13.9. The van der Waals surface area contributed by atoms with Crippen LogP contribution in [0.2, 0.25) is 0 Å². The summed E-state index contributed by atoms with van der Waals surface area (Å²) in [4.78, 5) is 2.46. The first-order chi connectivity index (χ1) is 44.0. The molecular formula is C89H121N. The largest absolute Gasteiger partial charge is 0.311 e. The molecule has 0 amide bonds. The van der Waals surface area contributed by atoms with E-state index in [4.69, 9.17) is 0 Å². The summed E-state index contributed by atoms with van der Waals surface area (Å²) in [6.45, 7) is 23.7.